The SMILES string of the molecule is Cc1nc2ccccc2nc1-c1ccc(-c2cccnc2)cc1. The number of para-hydroxylation sites is 2. The zero-order valence-corrected chi connectivity index (χ0v) is 12.8. The highest BCUT2D eigenvalue weighted by Gasteiger charge is 2.08. The standard InChI is InChI=1S/C20H15N3/c1-14-20(23-19-7-3-2-6-18(19)22-14)16-10-8-15(9-11-16)17-5-4-12-21-13-17/h2-13H,1H3. The molecule has 2 aromatic heterocycles. The molecular weight excluding hydrogens is 282 g/mol. The first kappa shape index (κ1) is 13.6. The summed E-state index contributed by atoms with van der Waals surface area (Å²) in [5.41, 5.74) is 7.06. The van der Waals surface area contributed by atoms with Crippen molar-refractivity contribution in [1.29, 1.82) is 0 Å². The van der Waals surface area contributed by atoms with E-state index in [0.29, 0.717) is 0 Å². The summed E-state index contributed by atoms with van der Waals surface area (Å²) in [6.07, 6.45) is 3.65. The fraction of sp³-hybridized carbons (Fsp3) is 0.0500. The molecule has 4 aromatic rings. The lowest BCUT2D eigenvalue weighted by Gasteiger charge is -2.08. The van der Waals surface area contributed by atoms with Crippen molar-refractivity contribution < 1.29 is 0 Å². The average molecular weight is 297 g/mol. The summed E-state index contributed by atoms with van der Waals surface area (Å²) in [7, 11) is 0. The number of fused-ring (bicyclic) bond motifs is 1. The molecule has 23 heavy (non-hydrogen) atoms. The summed E-state index contributed by atoms with van der Waals surface area (Å²) in [5.74, 6) is 0. The highest BCUT2D eigenvalue weighted by molar-refractivity contribution is 5.79. The maximum Gasteiger partial charge on any atom is 0.0922 e. The maximum atomic E-state index is 4.77. The lowest BCUT2D eigenvalue weighted by atomic mass is 10.0. The van der Waals surface area contributed by atoms with Crippen LogP contribution in [0.5, 0.6) is 0 Å². The Kier molecular flexibility index (Phi) is 3.31. The van der Waals surface area contributed by atoms with Gasteiger partial charge in [-0.2, -0.15) is 0 Å². The summed E-state index contributed by atoms with van der Waals surface area (Å²) in [4.78, 5) is 13.6. The molecule has 2 heterocycles. The number of nitrogens with zero attached hydrogens (tertiary/aromatic N) is 3. The molecule has 3 heteroatoms. The Balaban J connectivity index is 1.78. The minimum absolute atomic E-state index is 0.921. The van der Waals surface area contributed by atoms with Crippen molar-refractivity contribution in [2.75, 3.05) is 0 Å². The Labute approximate surface area is 134 Å². The normalized spacial score (nSPS) is 10.8. The van der Waals surface area contributed by atoms with Crippen LogP contribution in [0.15, 0.2) is 73.1 Å². The molecule has 0 aliphatic rings. The Bertz CT molecular complexity index is 961. The number of hydrogen-bond acceptors (Lipinski definition) is 3. The third kappa shape index (κ3) is 2.57. The zero-order valence-electron chi connectivity index (χ0n) is 12.8. The van der Waals surface area contributed by atoms with E-state index < -0.39 is 0 Å². The molecule has 3 nitrogen and oxygen atoms in total. The molecule has 0 bridgehead atoms. The van der Waals surface area contributed by atoms with E-state index >= 15 is 0 Å². The van der Waals surface area contributed by atoms with Crippen molar-refractivity contribution in [2.24, 2.45) is 0 Å². The molecule has 110 valence electrons. The van der Waals surface area contributed by atoms with E-state index in [1.807, 2.05) is 43.5 Å². The summed E-state index contributed by atoms with van der Waals surface area (Å²) in [6.45, 7) is 2.00. The second-order valence-electron chi connectivity index (χ2n) is 5.47. The van der Waals surface area contributed by atoms with Gasteiger partial charge in [0.25, 0.3) is 0 Å². The zero-order chi connectivity index (χ0) is 15.6. The van der Waals surface area contributed by atoms with E-state index in [-0.39, 0.29) is 0 Å². The van der Waals surface area contributed by atoms with E-state index in [0.717, 1.165) is 39.1 Å². The predicted octanol–water partition coefficient (Wildman–Crippen LogP) is 4.67. The summed E-state index contributed by atoms with van der Waals surface area (Å²) in [6, 6.07) is 20.3. The van der Waals surface area contributed by atoms with Gasteiger partial charge in [-0.25, -0.2) is 9.97 Å². The Morgan fingerprint density at radius 2 is 1.35 bits per heavy atom. The van der Waals surface area contributed by atoms with Gasteiger partial charge in [-0.1, -0.05) is 42.5 Å². The number of benzene rings is 2. The highest BCUT2D eigenvalue weighted by atomic mass is 14.8. The number of aromatic nitrogens is 3. The van der Waals surface area contributed by atoms with Gasteiger partial charge in [0.2, 0.25) is 0 Å². The predicted molar refractivity (Wildman–Crippen MR) is 92.9 cm³/mol. The maximum absolute atomic E-state index is 4.77. The molecule has 0 atom stereocenters. The first-order valence-corrected chi connectivity index (χ1v) is 7.55. The number of rotatable bonds is 2. The average Bonchev–Trinajstić information content (AvgIpc) is 2.62. The van der Waals surface area contributed by atoms with Crippen LogP contribution in [-0.4, -0.2) is 15.0 Å². The fourth-order valence-corrected chi connectivity index (χ4v) is 2.72. The second kappa shape index (κ2) is 5.61. The van der Waals surface area contributed by atoms with Crippen molar-refractivity contribution in [3.8, 4) is 22.4 Å². The summed E-state index contributed by atoms with van der Waals surface area (Å²) < 4.78 is 0. The van der Waals surface area contributed by atoms with Crippen LogP contribution in [0.1, 0.15) is 5.69 Å². The fourth-order valence-electron chi connectivity index (χ4n) is 2.72. The van der Waals surface area contributed by atoms with Crippen molar-refractivity contribution in [3.63, 3.8) is 0 Å². The Morgan fingerprint density at radius 1 is 0.652 bits per heavy atom. The molecule has 0 spiro atoms. The van der Waals surface area contributed by atoms with Crippen LogP contribution in [0.25, 0.3) is 33.4 Å². The van der Waals surface area contributed by atoms with Crippen LogP contribution in [0.2, 0.25) is 0 Å². The van der Waals surface area contributed by atoms with Gasteiger partial charge in [-0.05, 0) is 36.2 Å². The van der Waals surface area contributed by atoms with Crippen LogP contribution in [-0.2, 0) is 0 Å². The molecule has 0 aliphatic carbocycles. The summed E-state index contributed by atoms with van der Waals surface area (Å²) in [5, 5.41) is 0. The minimum atomic E-state index is 0.921. The second-order valence-corrected chi connectivity index (χ2v) is 5.47. The van der Waals surface area contributed by atoms with Crippen LogP contribution in [0.3, 0.4) is 0 Å². The number of aryl methyl sites for hydroxylation is 1. The molecule has 0 aliphatic heterocycles. The Hall–Kier alpha value is -3.07. The van der Waals surface area contributed by atoms with Crippen LogP contribution < -0.4 is 0 Å². The van der Waals surface area contributed by atoms with Crippen molar-refractivity contribution in [1.82, 2.24) is 15.0 Å². The van der Waals surface area contributed by atoms with Crippen molar-refractivity contribution in [3.05, 3.63) is 78.8 Å². The van der Waals surface area contributed by atoms with Gasteiger partial charge in [0, 0.05) is 18.0 Å². The van der Waals surface area contributed by atoms with E-state index in [1.54, 1.807) is 6.20 Å². The number of hydrogen-bond donors (Lipinski definition) is 0. The topological polar surface area (TPSA) is 38.7 Å². The molecule has 2 aromatic carbocycles. The lowest BCUT2D eigenvalue weighted by molar-refractivity contribution is 1.19. The van der Waals surface area contributed by atoms with Gasteiger partial charge in [0.15, 0.2) is 0 Å². The van der Waals surface area contributed by atoms with Crippen LogP contribution in [0.4, 0.5) is 0 Å². The first-order chi connectivity index (χ1) is 11.3. The molecule has 0 saturated carbocycles. The van der Waals surface area contributed by atoms with Gasteiger partial charge >= 0.3 is 0 Å². The third-order valence-electron chi connectivity index (χ3n) is 3.90. The minimum Gasteiger partial charge on any atom is -0.264 e. The molecule has 0 radical (unpaired) electrons. The smallest absolute Gasteiger partial charge is 0.0922 e. The Morgan fingerprint density at radius 3 is 2.04 bits per heavy atom. The van der Waals surface area contributed by atoms with Gasteiger partial charge in [-0.15, -0.1) is 0 Å². The van der Waals surface area contributed by atoms with Crippen LogP contribution >= 0.6 is 0 Å². The molecule has 4 rings (SSSR count). The van der Waals surface area contributed by atoms with E-state index in [9.17, 15) is 0 Å². The van der Waals surface area contributed by atoms with E-state index in [4.69, 9.17) is 4.98 Å². The van der Waals surface area contributed by atoms with Gasteiger partial charge in [0.1, 0.15) is 0 Å². The summed E-state index contributed by atoms with van der Waals surface area (Å²) >= 11 is 0. The lowest BCUT2D eigenvalue weighted by Crippen LogP contribution is -1.94. The van der Waals surface area contributed by atoms with Crippen molar-refractivity contribution >= 4 is 11.0 Å². The van der Waals surface area contributed by atoms with Crippen LogP contribution in [0, 0.1) is 6.92 Å². The first-order valence-electron chi connectivity index (χ1n) is 7.55. The molecule has 0 fully saturated rings. The van der Waals surface area contributed by atoms with E-state index in [2.05, 4.69) is 40.3 Å². The quantitative estimate of drug-likeness (QED) is 0.540. The molecule has 0 unspecified atom stereocenters. The molecule has 0 saturated heterocycles. The monoisotopic (exact) mass is 297 g/mol. The third-order valence-corrected chi connectivity index (χ3v) is 3.90. The van der Waals surface area contributed by atoms with Gasteiger partial charge < -0.3 is 0 Å². The van der Waals surface area contributed by atoms with Gasteiger partial charge in [0.05, 0.1) is 22.4 Å². The molecule has 0 amide bonds. The molecule has 0 N–H and O–H groups in total. The molecular formula is C20H15N3. The number of pyridine rings is 1. The van der Waals surface area contributed by atoms with E-state index in [1.165, 1.54) is 0 Å². The van der Waals surface area contributed by atoms with Gasteiger partial charge in [-0.3, -0.25) is 4.98 Å². The largest absolute Gasteiger partial charge is 0.264 e. The highest BCUT2D eigenvalue weighted by Crippen LogP contribution is 2.26. The van der Waals surface area contributed by atoms with Crippen molar-refractivity contribution in [2.45, 2.75) is 6.92 Å².